The van der Waals surface area contributed by atoms with Crippen LogP contribution in [-0.2, 0) is 0 Å². The van der Waals surface area contributed by atoms with Crippen molar-refractivity contribution in [3.8, 4) is 0 Å². The molecule has 0 amide bonds. The van der Waals surface area contributed by atoms with Crippen LogP contribution < -0.4 is 16.0 Å². The minimum Gasteiger partial charge on any atom is -0.393 e. The summed E-state index contributed by atoms with van der Waals surface area (Å²) in [6.45, 7) is 0. The fraction of sp³-hybridized carbons (Fsp3) is 1.00. The quantitative estimate of drug-likeness (QED) is 0.255. The Morgan fingerprint density at radius 2 is 0.667 bits per heavy atom. The van der Waals surface area contributed by atoms with Gasteiger partial charge >= 0.3 is 0 Å². The Balaban J connectivity index is 1.51. The highest BCUT2D eigenvalue weighted by molar-refractivity contribution is 4.99. The topological polar surface area (TPSA) is 157 Å². The van der Waals surface area contributed by atoms with Crippen LogP contribution in [0, 0.1) is 17.8 Å². The van der Waals surface area contributed by atoms with Gasteiger partial charge in [-0.05, 0) is 57.8 Å². The molecular formula is C21H39N3O6. The Morgan fingerprint density at radius 3 is 0.900 bits per heavy atom. The largest absolute Gasteiger partial charge is 0.393 e. The molecule has 0 spiro atoms. The van der Waals surface area contributed by atoms with Crippen LogP contribution in [0.5, 0.6) is 0 Å². The SMILES string of the molecule is OC1CCC(C2NC(C3CCC(O)CC3O)NC(C3CCC(O)CC3O)N2)C(O)C1. The van der Waals surface area contributed by atoms with E-state index in [1.807, 2.05) is 0 Å². The van der Waals surface area contributed by atoms with Crippen molar-refractivity contribution in [1.29, 1.82) is 0 Å². The first kappa shape index (κ1) is 22.8. The number of aliphatic hydroxyl groups excluding tert-OH is 6. The summed E-state index contributed by atoms with van der Waals surface area (Å²) in [5.41, 5.74) is 0. The second-order valence-electron chi connectivity index (χ2n) is 10.0. The Morgan fingerprint density at radius 1 is 0.400 bits per heavy atom. The van der Waals surface area contributed by atoms with Crippen molar-refractivity contribution in [3.63, 3.8) is 0 Å². The van der Waals surface area contributed by atoms with E-state index in [0.29, 0.717) is 57.8 Å². The fourth-order valence-electron chi connectivity index (χ4n) is 6.08. The molecule has 174 valence electrons. The van der Waals surface area contributed by atoms with E-state index >= 15 is 0 Å². The monoisotopic (exact) mass is 429 g/mol. The summed E-state index contributed by atoms with van der Waals surface area (Å²) in [5, 5.41) is 72.2. The van der Waals surface area contributed by atoms with E-state index in [2.05, 4.69) is 16.0 Å². The summed E-state index contributed by atoms with van der Waals surface area (Å²) in [4.78, 5) is 0. The van der Waals surface area contributed by atoms with E-state index in [4.69, 9.17) is 0 Å². The molecule has 3 aliphatic carbocycles. The fourth-order valence-corrected chi connectivity index (χ4v) is 6.08. The molecule has 1 saturated heterocycles. The maximum absolute atomic E-state index is 10.6. The molecule has 9 unspecified atom stereocenters. The van der Waals surface area contributed by atoms with Crippen molar-refractivity contribution in [3.05, 3.63) is 0 Å². The number of aliphatic hydroxyl groups is 6. The first-order chi connectivity index (χ1) is 14.3. The zero-order chi connectivity index (χ0) is 21.4. The first-order valence-electron chi connectivity index (χ1n) is 11.7. The van der Waals surface area contributed by atoms with E-state index in [1.165, 1.54) is 0 Å². The van der Waals surface area contributed by atoms with Crippen molar-refractivity contribution in [2.24, 2.45) is 17.8 Å². The van der Waals surface area contributed by atoms with Gasteiger partial charge in [-0.3, -0.25) is 16.0 Å². The van der Waals surface area contributed by atoms with Crippen molar-refractivity contribution in [2.75, 3.05) is 0 Å². The van der Waals surface area contributed by atoms with Crippen LogP contribution in [-0.4, -0.2) is 85.8 Å². The van der Waals surface area contributed by atoms with E-state index < -0.39 is 36.6 Å². The summed E-state index contributed by atoms with van der Waals surface area (Å²) >= 11 is 0. The van der Waals surface area contributed by atoms with Crippen LogP contribution in [0.4, 0.5) is 0 Å². The van der Waals surface area contributed by atoms with Crippen LogP contribution in [0.25, 0.3) is 0 Å². The molecule has 0 bridgehead atoms. The normalized spacial score (nSPS) is 53.4. The predicted octanol–water partition coefficient (Wildman–Crippen LogP) is -1.69. The van der Waals surface area contributed by atoms with Crippen LogP contribution in [0.3, 0.4) is 0 Å². The van der Waals surface area contributed by atoms with Crippen LogP contribution >= 0.6 is 0 Å². The second kappa shape index (κ2) is 9.64. The number of nitrogens with one attached hydrogen (secondary N) is 3. The second-order valence-corrected chi connectivity index (χ2v) is 10.0. The van der Waals surface area contributed by atoms with Gasteiger partial charge in [-0.1, -0.05) is 0 Å². The standard InChI is InChI=1S/C21H39N3O6/c25-10-1-4-13(16(28)7-10)19-22-20(14-5-2-11(26)8-17(14)29)24-21(23-19)15-6-3-12(27)9-18(15)30/h10-30H,1-9H2. The maximum Gasteiger partial charge on any atom is 0.0649 e. The molecule has 9 N–H and O–H groups in total. The van der Waals surface area contributed by atoms with Gasteiger partial charge in [0.15, 0.2) is 0 Å². The Kier molecular flexibility index (Phi) is 7.33. The van der Waals surface area contributed by atoms with Crippen LogP contribution in [0.2, 0.25) is 0 Å². The number of hydrogen-bond acceptors (Lipinski definition) is 9. The minimum atomic E-state index is -0.630. The lowest BCUT2D eigenvalue weighted by Crippen LogP contribution is -2.75. The van der Waals surface area contributed by atoms with E-state index in [-0.39, 0.29) is 36.3 Å². The van der Waals surface area contributed by atoms with Gasteiger partial charge in [0.2, 0.25) is 0 Å². The lowest BCUT2D eigenvalue weighted by molar-refractivity contribution is -0.0719. The molecule has 4 rings (SSSR count). The average Bonchev–Trinajstić information content (AvgIpc) is 2.67. The lowest BCUT2D eigenvalue weighted by Gasteiger charge is -2.51. The molecule has 0 aromatic heterocycles. The highest BCUT2D eigenvalue weighted by atomic mass is 16.3. The molecule has 9 atom stereocenters. The van der Waals surface area contributed by atoms with Crippen molar-refractivity contribution >= 4 is 0 Å². The molecule has 1 heterocycles. The van der Waals surface area contributed by atoms with Crippen molar-refractivity contribution < 1.29 is 30.6 Å². The Labute approximate surface area is 177 Å². The molecule has 4 aliphatic rings. The predicted molar refractivity (Wildman–Crippen MR) is 109 cm³/mol. The molecule has 0 radical (unpaired) electrons. The highest BCUT2D eigenvalue weighted by Gasteiger charge is 2.45. The third kappa shape index (κ3) is 5.00. The molecule has 4 fully saturated rings. The third-order valence-corrected chi connectivity index (χ3v) is 7.88. The average molecular weight is 430 g/mol. The number of hydrogen-bond donors (Lipinski definition) is 9. The van der Waals surface area contributed by atoms with E-state index in [1.54, 1.807) is 0 Å². The zero-order valence-electron chi connectivity index (χ0n) is 17.5. The van der Waals surface area contributed by atoms with Gasteiger partial charge in [0.05, 0.1) is 55.1 Å². The summed E-state index contributed by atoms with van der Waals surface area (Å²) in [7, 11) is 0. The molecule has 30 heavy (non-hydrogen) atoms. The molecule has 3 saturated carbocycles. The van der Waals surface area contributed by atoms with E-state index in [9.17, 15) is 30.6 Å². The Bertz CT molecular complexity index is 489. The first-order valence-corrected chi connectivity index (χ1v) is 11.7. The maximum atomic E-state index is 10.6. The highest BCUT2D eigenvalue weighted by Crippen LogP contribution is 2.34. The van der Waals surface area contributed by atoms with Gasteiger partial charge in [-0.25, -0.2) is 0 Å². The van der Waals surface area contributed by atoms with Crippen molar-refractivity contribution in [2.45, 2.75) is 113 Å². The number of rotatable bonds is 3. The minimum absolute atomic E-state index is 0.0850. The van der Waals surface area contributed by atoms with Crippen LogP contribution in [0.15, 0.2) is 0 Å². The van der Waals surface area contributed by atoms with Gasteiger partial charge in [0, 0.05) is 17.8 Å². The summed E-state index contributed by atoms with van der Waals surface area (Å²) < 4.78 is 0. The molecule has 9 nitrogen and oxygen atoms in total. The van der Waals surface area contributed by atoms with Crippen LogP contribution in [0.1, 0.15) is 57.8 Å². The van der Waals surface area contributed by atoms with E-state index in [0.717, 1.165) is 0 Å². The smallest absolute Gasteiger partial charge is 0.0649 e. The van der Waals surface area contributed by atoms with Gasteiger partial charge < -0.3 is 30.6 Å². The molecule has 9 heteroatoms. The molecule has 0 aromatic carbocycles. The molecule has 0 aromatic rings. The van der Waals surface area contributed by atoms with Gasteiger partial charge in [-0.2, -0.15) is 0 Å². The lowest BCUT2D eigenvalue weighted by atomic mass is 9.78. The zero-order valence-corrected chi connectivity index (χ0v) is 17.5. The van der Waals surface area contributed by atoms with Crippen molar-refractivity contribution in [1.82, 2.24) is 16.0 Å². The van der Waals surface area contributed by atoms with Gasteiger partial charge in [0.1, 0.15) is 0 Å². The molecule has 1 aliphatic heterocycles. The summed E-state index contributed by atoms with van der Waals surface area (Å²) in [6.07, 6.45) is 1.04. The van der Waals surface area contributed by atoms with Gasteiger partial charge in [-0.15, -0.1) is 0 Å². The third-order valence-electron chi connectivity index (χ3n) is 7.88. The van der Waals surface area contributed by atoms with Gasteiger partial charge in [0.25, 0.3) is 0 Å². The Hall–Kier alpha value is -0.360. The summed E-state index contributed by atoms with van der Waals surface area (Å²) in [5.74, 6) is -0.255. The molecular weight excluding hydrogens is 390 g/mol. The summed E-state index contributed by atoms with van der Waals surface area (Å²) in [6, 6.07) is 0.